The molecule has 1 atom stereocenters. The van der Waals surface area contributed by atoms with Crippen molar-refractivity contribution in [2.45, 2.75) is 367 Å². The summed E-state index contributed by atoms with van der Waals surface area (Å²) in [5.41, 5.74) is 0. The van der Waals surface area contributed by atoms with E-state index in [-0.39, 0.29) is 31.1 Å². The Bertz CT molecular complexity index is 1470. The summed E-state index contributed by atoms with van der Waals surface area (Å²) >= 11 is 0. The average molecular weight is 1120 g/mol. The van der Waals surface area contributed by atoms with Crippen molar-refractivity contribution >= 4 is 17.9 Å². The lowest BCUT2D eigenvalue weighted by Crippen LogP contribution is -2.30. The molecular formula is C74H132O6. The highest BCUT2D eigenvalue weighted by molar-refractivity contribution is 5.71. The van der Waals surface area contributed by atoms with E-state index < -0.39 is 6.10 Å². The van der Waals surface area contributed by atoms with Gasteiger partial charge < -0.3 is 14.2 Å². The van der Waals surface area contributed by atoms with Gasteiger partial charge in [0.25, 0.3) is 0 Å². The Labute approximate surface area is 497 Å². The summed E-state index contributed by atoms with van der Waals surface area (Å²) in [7, 11) is 0. The largest absolute Gasteiger partial charge is 0.462 e. The molecule has 0 rings (SSSR count). The summed E-state index contributed by atoms with van der Waals surface area (Å²) in [6.07, 6.45) is 89.4. The molecule has 6 heteroatoms. The first kappa shape index (κ1) is 76.9. The van der Waals surface area contributed by atoms with E-state index in [0.717, 1.165) is 109 Å². The summed E-state index contributed by atoms with van der Waals surface area (Å²) < 4.78 is 16.9. The number of rotatable bonds is 64. The highest BCUT2D eigenvalue weighted by atomic mass is 16.6. The zero-order valence-electron chi connectivity index (χ0n) is 53.3. The zero-order valence-corrected chi connectivity index (χ0v) is 53.3. The first-order chi connectivity index (χ1) is 39.5. The van der Waals surface area contributed by atoms with E-state index in [0.29, 0.717) is 19.3 Å². The lowest BCUT2D eigenvalue weighted by Gasteiger charge is -2.18. The molecule has 0 radical (unpaired) electrons. The Kier molecular flexibility index (Phi) is 65.7. The fraction of sp³-hybridized carbons (Fsp3) is 0.797. The number of carbonyl (C=O) groups is 3. The van der Waals surface area contributed by atoms with Gasteiger partial charge >= 0.3 is 17.9 Å². The minimum absolute atomic E-state index is 0.0876. The highest BCUT2D eigenvalue weighted by Gasteiger charge is 2.19. The lowest BCUT2D eigenvalue weighted by atomic mass is 10.0. The molecule has 464 valence electrons. The third kappa shape index (κ3) is 65.7. The van der Waals surface area contributed by atoms with Gasteiger partial charge in [0.05, 0.1) is 0 Å². The van der Waals surface area contributed by atoms with Crippen molar-refractivity contribution in [2.24, 2.45) is 0 Å². The van der Waals surface area contributed by atoms with Gasteiger partial charge in [-0.3, -0.25) is 14.4 Å². The molecule has 6 nitrogen and oxygen atoms in total. The molecule has 0 fully saturated rings. The van der Waals surface area contributed by atoms with Gasteiger partial charge in [-0.25, -0.2) is 0 Å². The van der Waals surface area contributed by atoms with Crippen molar-refractivity contribution in [3.05, 3.63) is 72.9 Å². The fourth-order valence-corrected chi connectivity index (χ4v) is 10.2. The maximum Gasteiger partial charge on any atom is 0.306 e. The van der Waals surface area contributed by atoms with Crippen LogP contribution >= 0.6 is 0 Å². The maximum absolute atomic E-state index is 12.9. The number of esters is 3. The second-order valence-electron chi connectivity index (χ2n) is 23.4. The summed E-state index contributed by atoms with van der Waals surface area (Å²) in [6, 6.07) is 0. The molecular weight excluding hydrogens is 985 g/mol. The number of hydrogen-bond donors (Lipinski definition) is 0. The summed E-state index contributed by atoms with van der Waals surface area (Å²) in [4.78, 5) is 38.4. The van der Waals surface area contributed by atoms with Crippen LogP contribution < -0.4 is 0 Å². The smallest absolute Gasteiger partial charge is 0.306 e. The van der Waals surface area contributed by atoms with Crippen molar-refractivity contribution in [1.29, 1.82) is 0 Å². The molecule has 0 aromatic carbocycles. The molecule has 0 saturated carbocycles. The normalized spacial score (nSPS) is 12.5. The molecule has 0 heterocycles. The first-order valence-corrected chi connectivity index (χ1v) is 34.9. The Hall–Kier alpha value is -3.15. The van der Waals surface area contributed by atoms with Crippen molar-refractivity contribution in [3.8, 4) is 0 Å². The van der Waals surface area contributed by atoms with Crippen LogP contribution in [0.5, 0.6) is 0 Å². The van der Waals surface area contributed by atoms with E-state index in [4.69, 9.17) is 14.2 Å². The summed E-state index contributed by atoms with van der Waals surface area (Å²) in [5, 5.41) is 0. The molecule has 0 spiro atoms. The Morgan fingerprint density at radius 2 is 0.487 bits per heavy atom. The molecule has 80 heavy (non-hydrogen) atoms. The Balaban J connectivity index is 4.25. The van der Waals surface area contributed by atoms with Crippen LogP contribution in [0.2, 0.25) is 0 Å². The van der Waals surface area contributed by atoms with Gasteiger partial charge in [0.1, 0.15) is 13.2 Å². The predicted octanol–water partition coefficient (Wildman–Crippen LogP) is 24.1. The van der Waals surface area contributed by atoms with Gasteiger partial charge in [0.15, 0.2) is 6.10 Å². The molecule has 0 aromatic rings. The van der Waals surface area contributed by atoms with Crippen LogP contribution in [-0.4, -0.2) is 37.2 Å². The maximum atomic E-state index is 12.9. The van der Waals surface area contributed by atoms with Crippen molar-refractivity contribution in [3.63, 3.8) is 0 Å². The van der Waals surface area contributed by atoms with E-state index in [1.807, 2.05) is 0 Å². The molecule has 0 aliphatic heterocycles. The zero-order chi connectivity index (χ0) is 57.8. The van der Waals surface area contributed by atoms with E-state index in [1.165, 1.54) is 212 Å². The molecule has 1 unspecified atom stereocenters. The summed E-state index contributed by atoms with van der Waals surface area (Å²) in [6.45, 7) is 6.53. The number of ether oxygens (including phenoxy) is 3. The van der Waals surface area contributed by atoms with E-state index in [9.17, 15) is 14.4 Å². The minimum Gasteiger partial charge on any atom is -0.462 e. The quantitative estimate of drug-likeness (QED) is 0.0261. The number of carbonyl (C=O) groups excluding carboxylic acids is 3. The van der Waals surface area contributed by atoms with Crippen LogP contribution in [0.1, 0.15) is 361 Å². The predicted molar refractivity (Wildman–Crippen MR) is 348 cm³/mol. The monoisotopic (exact) mass is 1120 g/mol. The van der Waals surface area contributed by atoms with Crippen LogP contribution in [0.25, 0.3) is 0 Å². The van der Waals surface area contributed by atoms with E-state index in [1.54, 1.807) is 0 Å². The van der Waals surface area contributed by atoms with Gasteiger partial charge in [-0.2, -0.15) is 0 Å². The van der Waals surface area contributed by atoms with Gasteiger partial charge in [-0.05, 0) is 89.9 Å². The molecule has 0 amide bonds. The Morgan fingerprint density at radius 1 is 0.263 bits per heavy atom. The summed E-state index contributed by atoms with van der Waals surface area (Å²) in [5.74, 6) is -0.913. The van der Waals surface area contributed by atoms with Gasteiger partial charge in [0, 0.05) is 19.3 Å². The lowest BCUT2D eigenvalue weighted by molar-refractivity contribution is -0.167. The molecule has 0 aromatic heterocycles. The van der Waals surface area contributed by atoms with Gasteiger partial charge in [-0.1, -0.05) is 325 Å². The third-order valence-corrected chi connectivity index (χ3v) is 15.4. The average Bonchev–Trinajstić information content (AvgIpc) is 3.46. The Morgan fingerprint density at radius 3 is 0.775 bits per heavy atom. The van der Waals surface area contributed by atoms with E-state index >= 15 is 0 Å². The van der Waals surface area contributed by atoms with Crippen LogP contribution in [-0.2, 0) is 28.6 Å². The third-order valence-electron chi connectivity index (χ3n) is 15.4. The van der Waals surface area contributed by atoms with Crippen molar-refractivity contribution < 1.29 is 28.6 Å². The van der Waals surface area contributed by atoms with E-state index in [2.05, 4.69) is 93.7 Å². The standard InChI is InChI=1S/C74H132O6/c1-4-7-10-13-16-19-22-25-27-29-31-33-34-35-36-37-38-39-41-42-44-46-49-52-55-58-61-64-67-73(76)79-70-71(69-78-72(75)66-63-60-57-54-51-48-24-21-18-15-12-9-6-3)80-74(77)68-65-62-59-56-53-50-47-45-43-40-32-30-28-26-23-20-17-14-11-8-5-2/h9,12,18,21,23,26,30,32,43,45,48,51,71H,4-8,10-11,13-17,19-20,22,24-25,27-29,31,33-42,44,46-47,49-50,52-70H2,1-3H3/b12-9-,21-18-,26-23-,32-30-,45-43-,51-48-. The van der Waals surface area contributed by atoms with Crippen LogP contribution in [0.4, 0.5) is 0 Å². The van der Waals surface area contributed by atoms with Crippen LogP contribution in [0.15, 0.2) is 72.9 Å². The second-order valence-corrected chi connectivity index (χ2v) is 23.4. The fourth-order valence-electron chi connectivity index (χ4n) is 10.2. The second kappa shape index (κ2) is 68.3. The number of hydrogen-bond acceptors (Lipinski definition) is 6. The van der Waals surface area contributed by atoms with Crippen LogP contribution in [0.3, 0.4) is 0 Å². The molecule has 0 aliphatic carbocycles. The van der Waals surface area contributed by atoms with Crippen molar-refractivity contribution in [1.82, 2.24) is 0 Å². The topological polar surface area (TPSA) is 78.9 Å². The van der Waals surface area contributed by atoms with Gasteiger partial charge in [0.2, 0.25) is 0 Å². The number of unbranched alkanes of at least 4 members (excludes halogenated alkanes) is 41. The molecule has 0 aliphatic rings. The molecule has 0 saturated heterocycles. The van der Waals surface area contributed by atoms with Gasteiger partial charge in [-0.15, -0.1) is 0 Å². The SMILES string of the molecule is CC/C=C\C/C=C\C/C=C\CCCCCC(=O)OCC(COC(=O)CCCCCCCCCCCCCCCCCCCCCCCCCCCCCC)OC(=O)CCCCCCCC/C=C\C/C=C\C/C=C\CCCCCCC. The molecule has 0 N–H and O–H groups in total. The molecule has 0 bridgehead atoms. The number of allylic oxidation sites excluding steroid dienone is 12. The first-order valence-electron chi connectivity index (χ1n) is 34.9. The highest BCUT2D eigenvalue weighted by Crippen LogP contribution is 2.18. The van der Waals surface area contributed by atoms with Crippen molar-refractivity contribution in [2.75, 3.05) is 13.2 Å². The van der Waals surface area contributed by atoms with Crippen LogP contribution in [0, 0.1) is 0 Å². The minimum atomic E-state index is -0.795.